The predicted molar refractivity (Wildman–Crippen MR) is 141 cm³/mol. The van der Waals surface area contributed by atoms with Crippen LogP contribution in [0.3, 0.4) is 0 Å². The van der Waals surface area contributed by atoms with Crippen LogP contribution in [0.15, 0.2) is 60.8 Å². The number of aromatic nitrogens is 4. The van der Waals surface area contributed by atoms with Crippen molar-refractivity contribution in [3.63, 3.8) is 0 Å². The number of halogens is 1. The van der Waals surface area contributed by atoms with Crippen molar-refractivity contribution in [1.29, 1.82) is 0 Å². The van der Waals surface area contributed by atoms with Gasteiger partial charge >= 0.3 is 0 Å². The molecule has 0 saturated carbocycles. The lowest BCUT2D eigenvalue weighted by molar-refractivity contribution is 0.249. The fourth-order valence-corrected chi connectivity index (χ4v) is 5.65. The van der Waals surface area contributed by atoms with Gasteiger partial charge in [0, 0.05) is 25.7 Å². The van der Waals surface area contributed by atoms with E-state index in [-0.39, 0.29) is 11.9 Å². The van der Waals surface area contributed by atoms with E-state index in [2.05, 4.69) is 45.9 Å². The smallest absolute Gasteiger partial charge is 0.154 e. The molecule has 36 heavy (non-hydrogen) atoms. The van der Waals surface area contributed by atoms with E-state index in [1.54, 1.807) is 12.1 Å². The number of nitrogens with zero attached hydrogens (tertiary/aromatic N) is 7. The molecule has 0 N–H and O–H groups in total. The Labute approximate surface area is 211 Å². The molecule has 1 aromatic carbocycles. The molecule has 5 heterocycles. The largest absolute Gasteiger partial charge is 0.356 e. The molecule has 6 rings (SSSR count). The number of piperidine rings is 1. The van der Waals surface area contributed by atoms with Crippen molar-refractivity contribution >= 4 is 17.3 Å². The molecule has 4 aromatic rings. The second kappa shape index (κ2) is 9.50. The summed E-state index contributed by atoms with van der Waals surface area (Å²) in [6, 6.07) is 17.9. The van der Waals surface area contributed by atoms with Crippen LogP contribution >= 0.6 is 0 Å². The van der Waals surface area contributed by atoms with Crippen LogP contribution in [0.2, 0.25) is 0 Å². The minimum absolute atomic E-state index is 0.115. The molecule has 2 saturated heterocycles. The molecule has 1 atom stereocenters. The third kappa shape index (κ3) is 4.30. The zero-order chi connectivity index (χ0) is 24.6. The van der Waals surface area contributed by atoms with E-state index < -0.39 is 0 Å². The maximum atomic E-state index is 13.9. The van der Waals surface area contributed by atoms with E-state index in [9.17, 15) is 4.39 Å². The predicted octanol–water partition coefficient (Wildman–Crippen LogP) is 4.80. The van der Waals surface area contributed by atoms with Crippen molar-refractivity contribution in [2.45, 2.75) is 37.8 Å². The molecular formula is C28H32FN7. The van der Waals surface area contributed by atoms with E-state index >= 15 is 0 Å². The van der Waals surface area contributed by atoms with Crippen LogP contribution in [0.1, 0.15) is 37.3 Å². The molecule has 0 unspecified atom stereocenters. The fourth-order valence-electron chi connectivity index (χ4n) is 5.65. The maximum absolute atomic E-state index is 13.9. The lowest BCUT2D eigenvalue weighted by Gasteiger charge is -2.35. The lowest BCUT2D eigenvalue weighted by atomic mass is 10.0. The second-order valence-corrected chi connectivity index (χ2v) is 10.1. The zero-order valence-electron chi connectivity index (χ0n) is 20.9. The molecule has 2 fully saturated rings. The monoisotopic (exact) mass is 485 g/mol. The quantitative estimate of drug-likeness (QED) is 0.405. The molecule has 0 amide bonds. The van der Waals surface area contributed by atoms with Gasteiger partial charge in [0.2, 0.25) is 0 Å². The fraction of sp³-hybridized carbons (Fsp3) is 0.393. The van der Waals surface area contributed by atoms with Gasteiger partial charge in [-0.05, 0) is 81.7 Å². The number of fused-ring (bicyclic) bond motifs is 1. The average molecular weight is 486 g/mol. The Balaban J connectivity index is 1.30. The third-order valence-electron chi connectivity index (χ3n) is 7.64. The highest BCUT2D eigenvalue weighted by Crippen LogP contribution is 2.36. The molecule has 2 aliphatic heterocycles. The molecule has 186 valence electrons. The van der Waals surface area contributed by atoms with Crippen molar-refractivity contribution < 1.29 is 4.39 Å². The summed E-state index contributed by atoms with van der Waals surface area (Å²) in [4.78, 5) is 16.6. The van der Waals surface area contributed by atoms with Gasteiger partial charge in [-0.2, -0.15) is 0 Å². The second-order valence-electron chi connectivity index (χ2n) is 10.1. The molecule has 8 heteroatoms. The summed E-state index contributed by atoms with van der Waals surface area (Å²) >= 11 is 0. The highest BCUT2D eigenvalue weighted by Gasteiger charge is 2.28. The van der Waals surface area contributed by atoms with Crippen LogP contribution in [-0.4, -0.2) is 64.3 Å². The molecule has 0 bridgehead atoms. The van der Waals surface area contributed by atoms with Crippen LogP contribution in [-0.2, 0) is 0 Å². The normalized spacial score (nSPS) is 19.1. The van der Waals surface area contributed by atoms with Crippen molar-refractivity contribution in [1.82, 2.24) is 24.5 Å². The number of anilines is 2. The first kappa shape index (κ1) is 22.9. The number of hydrogen-bond acceptors (Lipinski definition) is 6. The number of imidazole rings is 1. The summed E-state index contributed by atoms with van der Waals surface area (Å²) in [5.74, 6) is 1.67. The van der Waals surface area contributed by atoms with Crippen LogP contribution < -0.4 is 9.80 Å². The van der Waals surface area contributed by atoms with Gasteiger partial charge in [-0.1, -0.05) is 18.2 Å². The first-order valence-electron chi connectivity index (χ1n) is 12.8. The van der Waals surface area contributed by atoms with Gasteiger partial charge in [0.05, 0.1) is 17.9 Å². The van der Waals surface area contributed by atoms with Crippen molar-refractivity contribution in [2.24, 2.45) is 0 Å². The first-order valence-corrected chi connectivity index (χ1v) is 12.8. The Morgan fingerprint density at radius 2 is 1.75 bits per heavy atom. The lowest BCUT2D eigenvalue weighted by Crippen LogP contribution is -2.42. The number of hydrogen-bond donors (Lipinski definition) is 0. The molecule has 0 radical (unpaired) electrons. The Hall–Kier alpha value is -3.52. The van der Waals surface area contributed by atoms with E-state index in [1.807, 2.05) is 35.0 Å². The van der Waals surface area contributed by atoms with Crippen LogP contribution in [0.5, 0.6) is 0 Å². The van der Waals surface area contributed by atoms with E-state index in [4.69, 9.17) is 10.1 Å². The molecular weight excluding hydrogens is 453 g/mol. The zero-order valence-corrected chi connectivity index (χ0v) is 20.9. The van der Waals surface area contributed by atoms with Crippen LogP contribution in [0.25, 0.3) is 17.0 Å². The van der Waals surface area contributed by atoms with Gasteiger partial charge in [0.1, 0.15) is 23.1 Å². The Morgan fingerprint density at radius 3 is 2.56 bits per heavy atom. The maximum Gasteiger partial charge on any atom is 0.154 e. The first-order chi connectivity index (χ1) is 17.6. The van der Waals surface area contributed by atoms with Gasteiger partial charge in [-0.3, -0.25) is 0 Å². The average Bonchev–Trinajstić information content (AvgIpc) is 3.56. The van der Waals surface area contributed by atoms with Crippen LogP contribution in [0.4, 0.5) is 16.0 Å². The Morgan fingerprint density at radius 1 is 0.917 bits per heavy atom. The van der Waals surface area contributed by atoms with Gasteiger partial charge in [0.15, 0.2) is 5.65 Å². The van der Waals surface area contributed by atoms with Gasteiger partial charge in [-0.25, -0.2) is 18.9 Å². The summed E-state index contributed by atoms with van der Waals surface area (Å²) < 4.78 is 15.8. The third-order valence-corrected chi connectivity index (χ3v) is 7.64. The van der Waals surface area contributed by atoms with Gasteiger partial charge in [-0.15, -0.1) is 5.10 Å². The molecule has 3 aromatic heterocycles. The Bertz CT molecular complexity index is 1360. The van der Waals surface area contributed by atoms with Gasteiger partial charge in [0.25, 0.3) is 0 Å². The van der Waals surface area contributed by atoms with Crippen molar-refractivity contribution in [3.05, 3.63) is 72.2 Å². The van der Waals surface area contributed by atoms with Crippen LogP contribution in [0, 0.1) is 5.82 Å². The molecule has 2 aliphatic rings. The molecule has 7 nitrogen and oxygen atoms in total. The summed E-state index contributed by atoms with van der Waals surface area (Å²) in [7, 11) is 4.32. The summed E-state index contributed by atoms with van der Waals surface area (Å²) in [5.41, 5.74) is 3.52. The molecule has 0 spiro atoms. The molecule has 0 aliphatic carbocycles. The highest BCUT2D eigenvalue weighted by atomic mass is 19.1. The highest BCUT2D eigenvalue weighted by molar-refractivity contribution is 5.62. The van der Waals surface area contributed by atoms with E-state index in [1.165, 1.54) is 6.07 Å². The number of rotatable bonds is 5. The summed E-state index contributed by atoms with van der Waals surface area (Å²) in [5, 5.41) is 4.99. The number of pyridine rings is 1. The number of benzene rings is 1. The SMILES string of the molecule is CN(C)C1CCN(c2cccc(-c3cnc4ccc(N5CCC[C@@H]5c5cccc(F)c5)nn34)n2)CC1. The summed E-state index contributed by atoms with van der Waals surface area (Å²) in [6.45, 7) is 2.90. The van der Waals surface area contributed by atoms with E-state index in [0.29, 0.717) is 6.04 Å². The standard InChI is InChI=1S/C28H32FN7/c1-33(2)22-13-16-34(17-14-22)27-10-4-8-23(31-27)25-19-30-26-11-12-28(32-36(25)26)35-15-5-9-24(35)20-6-3-7-21(29)18-20/h3-4,6-8,10-12,18-19,22,24H,5,9,13-17H2,1-2H3/t24-/m1/s1. The minimum atomic E-state index is -0.198. The topological polar surface area (TPSA) is 52.8 Å². The minimum Gasteiger partial charge on any atom is -0.356 e. The van der Waals surface area contributed by atoms with Crippen molar-refractivity contribution in [2.75, 3.05) is 43.5 Å². The van der Waals surface area contributed by atoms with E-state index in [0.717, 1.165) is 79.6 Å². The summed E-state index contributed by atoms with van der Waals surface area (Å²) in [6.07, 6.45) is 6.16. The Kier molecular flexibility index (Phi) is 6.05. The van der Waals surface area contributed by atoms with Gasteiger partial charge < -0.3 is 14.7 Å². The van der Waals surface area contributed by atoms with Crippen molar-refractivity contribution in [3.8, 4) is 11.4 Å².